The molecule has 0 bridgehead atoms. The predicted molar refractivity (Wildman–Crippen MR) is 130 cm³/mol. The van der Waals surface area contributed by atoms with Crippen molar-refractivity contribution in [3.8, 4) is 11.5 Å². The molecule has 3 aromatic carbocycles. The molecule has 4 rings (SSSR count). The molecule has 1 aromatic heterocycles. The third kappa shape index (κ3) is 5.49. The zero-order valence-electron chi connectivity index (χ0n) is 17.7. The van der Waals surface area contributed by atoms with Gasteiger partial charge in [0.2, 0.25) is 0 Å². The van der Waals surface area contributed by atoms with Gasteiger partial charge in [-0.25, -0.2) is 0 Å². The predicted octanol–water partition coefficient (Wildman–Crippen LogP) is 6.24. The molecule has 0 amide bonds. The van der Waals surface area contributed by atoms with Crippen molar-refractivity contribution < 1.29 is 9.47 Å². The van der Waals surface area contributed by atoms with Crippen LogP contribution < -0.4 is 14.8 Å². The van der Waals surface area contributed by atoms with Gasteiger partial charge in [-0.05, 0) is 70.7 Å². The van der Waals surface area contributed by atoms with Gasteiger partial charge in [-0.15, -0.1) is 0 Å². The first kappa shape index (κ1) is 21.5. The SMILES string of the molecule is CCOc1cc(CNCCc2c[nH]c3ccccc23)cc(Br)c1OCc1ccccc1. The number of rotatable bonds is 10. The molecule has 0 atom stereocenters. The molecule has 0 radical (unpaired) electrons. The summed E-state index contributed by atoms with van der Waals surface area (Å²) in [5.41, 5.74) is 4.80. The fraction of sp³-hybridized carbons (Fsp3) is 0.231. The molecule has 31 heavy (non-hydrogen) atoms. The molecule has 0 fully saturated rings. The number of fused-ring (bicyclic) bond motifs is 1. The van der Waals surface area contributed by atoms with Gasteiger partial charge >= 0.3 is 0 Å². The minimum atomic E-state index is 0.502. The van der Waals surface area contributed by atoms with E-state index in [-0.39, 0.29) is 0 Å². The lowest BCUT2D eigenvalue weighted by Crippen LogP contribution is -2.16. The van der Waals surface area contributed by atoms with Gasteiger partial charge in [0.15, 0.2) is 11.5 Å². The van der Waals surface area contributed by atoms with E-state index in [1.807, 2.05) is 25.1 Å². The number of nitrogens with one attached hydrogen (secondary N) is 2. The number of aromatic nitrogens is 1. The van der Waals surface area contributed by atoms with Crippen molar-refractivity contribution in [2.24, 2.45) is 0 Å². The lowest BCUT2D eigenvalue weighted by atomic mass is 10.1. The number of para-hydroxylation sites is 1. The van der Waals surface area contributed by atoms with Crippen molar-refractivity contribution in [3.05, 3.63) is 94.1 Å². The molecular weight excluding hydrogens is 452 g/mol. The van der Waals surface area contributed by atoms with E-state index < -0.39 is 0 Å². The van der Waals surface area contributed by atoms with Crippen molar-refractivity contribution >= 4 is 26.8 Å². The quantitative estimate of drug-likeness (QED) is 0.265. The Morgan fingerprint density at radius 2 is 1.74 bits per heavy atom. The fourth-order valence-corrected chi connectivity index (χ4v) is 4.25. The summed E-state index contributed by atoms with van der Waals surface area (Å²) in [4.78, 5) is 3.34. The maximum atomic E-state index is 6.08. The van der Waals surface area contributed by atoms with Crippen molar-refractivity contribution in [2.75, 3.05) is 13.2 Å². The Labute approximate surface area is 191 Å². The van der Waals surface area contributed by atoms with Crippen LogP contribution in [0.15, 0.2) is 77.4 Å². The Hall–Kier alpha value is -2.76. The van der Waals surface area contributed by atoms with Gasteiger partial charge in [-0.1, -0.05) is 48.5 Å². The molecule has 4 aromatic rings. The summed E-state index contributed by atoms with van der Waals surface area (Å²) >= 11 is 3.67. The molecule has 5 heteroatoms. The third-order valence-corrected chi connectivity index (χ3v) is 5.76. The molecule has 0 unspecified atom stereocenters. The average Bonchev–Trinajstić information content (AvgIpc) is 3.20. The Morgan fingerprint density at radius 1 is 0.935 bits per heavy atom. The molecule has 0 aliphatic carbocycles. The highest BCUT2D eigenvalue weighted by molar-refractivity contribution is 9.10. The van der Waals surface area contributed by atoms with Crippen LogP contribution in [0.3, 0.4) is 0 Å². The number of hydrogen-bond donors (Lipinski definition) is 2. The zero-order chi connectivity index (χ0) is 21.5. The molecule has 160 valence electrons. The van der Waals surface area contributed by atoms with E-state index in [0.717, 1.165) is 46.6 Å². The summed E-state index contributed by atoms with van der Waals surface area (Å²) < 4.78 is 12.9. The van der Waals surface area contributed by atoms with E-state index in [0.29, 0.717) is 13.2 Å². The number of benzene rings is 3. The number of halogens is 1. The van der Waals surface area contributed by atoms with E-state index in [4.69, 9.17) is 9.47 Å². The van der Waals surface area contributed by atoms with E-state index in [2.05, 4.69) is 81.0 Å². The molecule has 0 aliphatic rings. The van der Waals surface area contributed by atoms with Gasteiger partial charge in [-0.3, -0.25) is 0 Å². The van der Waals surface area contributed by atoms with Gasteiger partial charge in [0, 0.05) is 23.6 Å². The van der Waals surface area contributed by atoms with Gasteiger partial charge in [-0.2, -0.15) is 0 Å². The Bertz CT molecular complexity index is 1120. The van der Waals surface area contributed by atoms with E-state index >= 15 is 0 Å². The number of aromatic amines is 1. The molecule has 2 N–H and O–H groups in total. The maximum absolute atomic E-state index is 6.08. The summed E-state index contributed by atoms with van der Waals surface area (Å²) in [6.07, 6.45) is 3.08. The fourth-order valence-electron chi connectivity index (χ4n) is 3.65. The van der Waals surface area contributed by atoms with Crippen LogP contribution in [-0.4, -0.2) is 18.1 Å². The van der Waals surface area contributed by atoms with Crippen LogP contribution in [0.1, 0.15) is 23.6 Å². The molecule has 0 saturated carbocycles. The van der Waals surface area contributed by atoms with Crippen LogP contribution >= 0.6 is 15.9 Å². The summed E-state index contributed by atoms with van der Waals surface area (Å²) in [7, 11) is 0. The van der Waals surface area contributed by atoms with Gasteiger partial charge in [0.25, 0.3) is 0 Å². The molecular formula is C26H27BrN2O2. The monoisotopic (exact) mass is 478 g/mol. The van der Waals surface area contributed by atoms with E-state index in [1.165, 1.54) is 16.5 Å². The largest absolute Gasteiger partial charge is 0.490 e. The standard InChI is InChI=1S/C26H27BrN2O2/c1-2-30-25-15-20(14-23(27)26(25)31-18-19-8-4-3-5-9-19)16-28-13-12-21-17-29-24-11-7-6-10-22(21)24/h3-11,14-15,17,28-29H,2,12-13,16,18H2,1H3. The van der Waals surface area contributed by atoms with Gasteiger partial charge in [0.05, 0.1) is 11.1 Å². The van der Waals surface area contributed by atoms with Crippen molar-refractivity contribution in [1.29, 1.82) is 0 Å². The van der Waals surface area contributed by atoms with Crippen LogP contribution in [0.2, 0.25) is 0 Å². The minimum absolute atomic E-state index is 0.502. The third-order valence-electron chi connectivity index (χ3n) is 5.17. The number of ether oxygens (including phenoxy) is 2. The second-order valence-corrected chi connectivity index (χ2v) is 8.25. The maximum Gasteiger partial charge on any atom is 0.175 e. The molecule has 0 aliphatic heterocycles. The summed E-state index contributed by atoms with van der Waals surface area (Å²) in [6.45, 7) is 4.74. The highest BCUT2D eigenvalue weighted by atomic mass is 79.9. The lowest BCUT2D eigenvalue weighted by molar-refractivity contribution is 0.267. The van der Waals surface area contributed by atoms with Crippen LogP contribution in [-0.2, 0) is 19.6 Å². The zero-order valence-corrected chi connectivity index (χ0v) is 19.2. The van der Waals surface area contributed by atoms with E-state index in [1.54, 1.807) is 0 Å². The van der Waals surface area contributed by atoms with Crippen molar-refractivity contribution in [1.82, 2.24) is 10.3 Å². The van der Waals surface area contributed by atoms with Crippen LogP contribution in [0, 0.1) is 0 Å². The summed E-state index contributed by atoms with van der Waals surface area (Å²) in [6, 6.07) is 22.7. The first-order chi connectivity index (χ1) is 15.2. The Kier molecular flexibility index (Phi) is 7.28. The van der Waals surface area contributed by atoms with Crippen molar-refractivity contribution in [3.63, 3.8) is 0 Å². The normalized spacial score (nSPS) is 11.0. The second kappa shape index (κ2) is 10.5. The van der Waals surface area contributed by atoms with Crippen molar-refractivity contribution in [2.45, 2.75) is 26.5 Å². The first-order valence-electron chi connectivity index (χ1n) is 10.6. The van der Waals surface area contributed by atoms with Crippen LogP contribution in [0.5, 0.6) is 11.5 Å². The summed E-state index contributed by atoms with van der Waals surface area (Å²) in [5, 5.41) is 4.84. The van der Waals surface area contributed by atoms with Gasteiger partial charge in [0.1, 0.15) is 6.61 Å². The van der Waals surface area contributed by atoms with E-state index in [9.17, 15) is 0 Å². The molecule has 0 saturated heterocycles. The summed E-state index contributed by atoms with van der Waals surface area (Å²) in [5.74, 6) is 1.51. The number of H-pyrrole nitrogens is 1. The number of hydrogen-bond acceptors (Lipinski definition) is 3. The highest BCUT2D eigenvalue weighted by Crippen LogP contribution is 2.37. The minimum Gasteiger partial charge on any atom is -0.490 e. The van der Waals surface area contributed by atoms with Crippen LogP contribution in [0.25, 0.3) is 10.9 Å². The molecule has 1 heterocycles. The van der Waals surface area contributed by atoms with Crippen LogP contribution in [0.4, 0.5) is 0 Å². The first-order valence-corrected chi connectivity index (χ1v) is 11.4. The molecule has 4 nitrogen and oxygen atoms in total. The smallest absolute Gasteiger partial charge is 0.175 e. The molecule has 0 spiro atoms. The Morgan fingerprint density at radius 3 is 2.58 bits per heavy atom. The van der Waals surface area contributed by atoms with Gasteiger partial charge < -0.3 is 19.8 Å². The Balaban J connectivity index is 1.37. The average molecular weight is 479 g/mol. The highest BCUT2D eigenvalue weighted by Gasteiger charge is 2.13. The lowest BCUT2D eigenvalue weighted by Gasteiger charge is -2.16. The second-order valence-electron chi connectivity index (χ2n) is 7.40. The topological polar surface area (TPSA) is 46.3 Å².